The summed E-state index contributed by atoms with van der Waals surface area (Å²) in [5, 5.41) is 13.8. The second-order valence-electron chi connectivity index (χ2n) is 13.7. The molecule has 6 aromatic rings. The number of aromatic nitrogens is 4. The molecule has 0 radical (unpaired) electrons. The number of aromatic amines is 2. The van der Waals surface area contributed by atoms with E-state index in [0.29, 0.717) is 32.5 Å². The zero-order chi connectivity index (χ0) is 46.2. The van der Waals surface area contributed by atoms with Crippen LogP contribution in [0, 0.1) is 0 Å². The maximum absolute atomic E-state index is 10.9. The first-order chi connectivity index (χ1) is 30.7. The Morgan fingerprint density at radius 2 is 1.33 bits per heavy atom. The Balaban J connectivity index is 0.000000430. The van der Waals surface area contributed by atoms with Crippen molar-refractivity contribution in [3.63, 3.8) is 0 Å². The van der Waals surface area contributed by atoms with Gasteiger partial charge in [-0.15, -0.1) is 0 Å². The van der Waals surface area contributed by atoms with E-state index in [4.69, 9.17) is 9.53 Å². The number of hydrogen-bond donors (Lipinski definition) is 6. The number of benzene rings is 4. The second-order valence-corrected chi connectivity index (χ2v) is 13.7. The molecule has 6 rings (SSSR count). The summed E-state index contributed by atoms with van der Waals surface area (Å²) in [7, 11) is 8.15. The zero-order valence-corrected chi connectivity index (χ0v) is 37.7. The van der Waals surface area contributed by atoms with Crippen LogP contribution in [-0.2, 0) is 35.0 Å². The van der Waals surface area contributed by atoms with Crippen LogP contribution >= 0.6 is 0 Å². The number of fused-ring (bicyclic) bond motifs is 1. The number of methoxy groups -OCH3 is 2. The number of ether oxygens (including phenoxy) is 3. The average Bonchev–Trinajstić information content (AvgIpc) is 4.03. The van der Waals surface area contributed by atoms with Crippen LogP contribution < -0.4 is 21.3 Å². The molecule has 0 bridgehead atoms. The van der Waals surface area contributed by atoms with E-state index in [1.807, 2.05) is 32.6 Å². The highest BCUT2D eigenvalue weighted by Crippen LogP contribution is 2.30. The molecule has 15 nitrogen and oxygen atoms in total. The lowest BCUT2D eigenvalue weighted by Crippen LogP contribution is -2.29. The topological polar surface area (TPSA) is 201 Å². The number of aldehydes is 2. The minimum absolute atomic E-state index is 0.189. The van der Waals surface area contributed by atoms with Gasteiger partial charge in [0.1, 0.15) is 30.3 Å². The summed E-state index contributed by atoms with van der Waals surface area (Å²) in [5.41, 5.74) is 7.42. The van der Waals surface area contributed by atoms with Gasteiger partial charge < -0.3 is 55.0 Å². The Hall–Kier alpha value is -6.52. The van der Waals surface area contributed by atoms with E-state index in [9.17, 15) is 14.4 Å². The van der Waals surface area contributed by atoms with Crippen molar-refractivity contribution < 1.29 is 33.4 Å². The molecule has 1 unspecified atom stereocenters. The molecule has 15 heteroatoms. The van der Waals surface area contributed by atoms with Gasteiger partial charge in [0.05, 0.1) is 63.8 Å². The van der Waals surface area contributed by atoms with Crippen LogP contribution in [0.4, 0.5) is 4.79 Å². The van der Waals surface area contributed by atoms with Crippen LogP contribution in [0.15, 0.2) is 103 Å². The Kier molecular flexibility index (Phi) is 26.2. The molecule has 1 amide bonds. The molecule has 0 fully saturated rings. The van der Waals surface area contributed by atoms with Crippen molar-refractivity contribution in [2.45, 2.75) is 45.7 Å². The van der Waals surface area contributed by atoms with Crippen molar-refractivity contribution >= 4 is 35.9 Å². The van der Waals surface area contributed by atoms with Gasteiger partial charge in [-0.1, -0.05) is 99.1 Å². The fraction of sp³-hybridized carbons (Fsp3) is 0.333. The first-order valence-electron chi connectivity index (χ1n) is 20.7. The fourth-order valence-electron chi connectivity index (χ4n) is 5.48. The number of rotatable bonds is 17. The van der Waals surface area contributed by atoms with E-state index in [0.717, 1.165) is 59.0 Å². The average molecular weight is 865 g/mol. The Bertz CT molecular complexity index is 2170. The van der Waals surface area contributed by atoms with Crippen LogP contribution in [0.25, 0.3) is 44.4 Å². The summed E-state index contributed by atoms with van der Waals surface area (Å²) in [6, 6.07) is 30.3. The SMILES string of the molecule is CCC.CNCC=O.CNCCOCCc1ncc(-c2ccc3cc(-c4ccc(-c5cnc(C(C)NC)[nH]5)cc4)ccc3c2)[nH]1.COC(=O)N[C@@H](C=O)c1ccccc1.COC=O. The minimum Gasteiger partial charge on any atom is -0.471 e. The molecule has 63 heavy (non-hydrogen) atoms. The molecule has 4 aromatic carbocycles. The number of nitrogens with one attached hydrogen (secondary N) is 6. The summed E-state index contributed by atoms with van der Waals surface area (Å²) in [6.07, 6.45) is 6.68. The van der Waals surface area contributed by atoms with Crippen LogP contribution in [0.2, 0.25) is 0 Å². The third-order valence-electron chi connectivity index (χ3n) is 8.86. The van der Waals surface area contributed by atoms with Crippen molar-refractivity contribution in [3.05, 3.63) is 121 Å². The molecule has 0 saturated carbocycles. The predicted octanol–water partition coefficient (Wildman–Crippen LogP) is 7.24. The molecular formula is C48H64N8O7. The highest BCUT2D eigenvalue weighted by atomic mass is 16.5. The molecule has 0 saturated heterocycles. The van der Waals surface area contributed by atoms with Gasteiger partial charge in [-0.2, -0.15) is 0 Å². The summed E-state index contributed by atoms with van der Waals surface area (Å²) in [4.78, 5) is 55.7. The number of hydrogen-bond acceptors (Lipinski definition) is 12. The molecule has 0 aliphatic rings. The number of likely N-dealkylation sites (N-methyl/N-ethyl adjacent to an activating group) is 2. The quantitative estimate of drug-likeness (QED) is 0.0397. The van der Waals surface area contributed by atoms with E-state index in [-0.39, 0.29) is 6.04 Å². The van der Waals surface area contributed by atoms with Crippen molar-refractivity contribution in [3.8, 4) is 33.6 Å². The third-order valence-corrected chi connectivity index (χ3v) is 8.86. The largest absolute Gasteiger partial charge is 0.471 e. The number of amides is 1. The number of nitrogens with zero attached hydrogens (tertiary/aromatic N) is 2. The van der Waals surface area contributed by atoms with Gasteiger partial charge in [0.2, 0.25) is 0 Å². The minimum atomic E-state index is -0.649. The van der Waals surface area contributed by atoms with E-state index in [2.05, 4.69) is 132 Å². The Morgan fingerprint density at radius 1 is 0.746 bits per heavy atom. The highest BCUT2D eigenvalue weighted by Gasteiger charge is 2.13. The summed E-state index contributed by atoms with van der Waals surface area (Å²) in [5.74, 6) is 1.89. The van der Waals surface area contributed by atoms with Crippen molar-refractivity contribution in [2.75, 3.05) is 61.7 Å². The lowest BCUT2D eigenvalue weighted by atomic mass is 9.98. The van der Waals surface area contributed by atoms with Crippen LogP contribution in [0.1, 0.15) is 56.5 Å². The number of alkyl carbamates (subject to hydrolysis) is 1. The second kappa shape index (κ2) is 31.3. The molecule has 338 valence electrons. The summed E-state index contributed by atoms with van der Waals surface area (Å²) >= 11 is 0. The highest BCUT2D eigenvalue weighted by molar-refractivity contribution is 5.90. The Labute approximate surface area is 371 Å². The molecule has 2 heterocycles. The van der Waals surface area contributed by atoms with Crippen molar-refractivity contribution in [1.29, 1.82) is 0 Å². The van der Waals surface area contributed by atoms with E-state index in [1.54, 1.807) is 31.3 Å². The van der Waals surface area contributed by atoms with Crippen molar-refractivity contribution in [1.82, 2.24) is 41.2 Å². The molecule has 0 aliphatic carbocycles. The zero-order valence-electron chi connectivity index (χ0n) is 37.7. The van der Waals surface area contributed by atoms with Crippen LogP contribution in [-0.4, -0.2) is 107 Å². The normalized spacial score (nSPS) is 11.0. The van der Waals surface area contributed by atoms with Gasteiger partial charge in [0.15, 0.2) is 0 Å². The summed E-state index contributed by atoms with van der Waals surface area (Å²) < 4.78 is 13.9. The fourth-order valence-corrected chi connectivity index (χ4v) is 5.48. The smallest absolute Gasteiger partial charge is 0.407 e. The lowest BCUT2D eigenvalue weighted by Gasteiger charge is -2.11. The monoisotopic (exact) mass is 864 g/mol. The number of imidazole rings is 2. The molecule has 0 spiro atoms. The van der Waals surface area contributed by atoms with Gasteiger partial charge in [-0.05, 0) is 73.2 Å². The molecule has 2 aromatic heterocycles. The molecule has 0 aliphatic heterocycles. The van der Waals surface area contributed by atoms with Gasteiger partial charge >= 0.3 is 6.09 Å². The number of carbonyl (C=O) groups excluding carboxylic acids is 4. The molecule has 6 N–H and O–H groups in total. The van der Waals surface area contributed by atoms with E-state index < -0.39 is 12.1 Å². The van der Waals surface area contributed by atoms with E-state index >= 15 is 0 Å². The molecular weight excluding hydrogens is 801 g/mol. The number of H-pyrrole nitrogens is 2. The van der Waals surface area contributed by atoms with E-state index in [1.165, 1.54) is 42.5 Å². The maximum Gasteiger partial charge on any atom is 0.407 e. The van der Waals surface area contributed by atoms with Crippen molar-refractivity contribution in [2.24, 2.45) is 0 Å². The first kappa shape index (κ1) is 52.6. The first-order valence-corrected chi connectivity index (χ1v) is 20.7. The predicted molar refractivity (Wildman–Crippen MR) is 250 cm³/mol. The lowest BCUT2D eigenvalue weighted by molar-refractivity contribution is -0.126. The summed E-state index contributed by atoms with van der Waals surface area (Å²) in [6.45, 7) is 9.40. The molecule has 2 atom stereocenters. The van der Waals surface area contributed by atoms with Crippen LogP contribution in [0.5, 0.6) is 0 Å². The van der Waals surface area contributed by atoms with Gasteiger partial charge in [0.25, 0.3) is 6.47 Å². The van der Waals surface area contributed by atoms with Crippen LogP contribution in [0.3, 0.4) is 0 Å². The van der Waals surface area contributed by atoms with Gasteiger partial charge in [-0.25, -0.2) is 14.8 Å². The Morgan fingerprint density at radius 3 is 1.89 bits per heavy atom. The van der Waals surface area contributed by atoms with Gasteiger partial charge in [0, 0.05) is 18.5 Å². The standard InChI is InChI=1S/C30H34N6O.C10H11NO3.C3H7NO.C3H8.C2H4O2/c1-20(32-3)30-34-19-27(36-30)22-6-4-21(5-7-22)23-8-9-25-17-26(11-10-24(25)16-23)28-18-33-29(35-28)12-14-37-15-13-31-2;1-14-10(13)11-9(7-12)8-5-3-2-4-6-8;1-4-2-3-5;1-3-2;1-4-2-3/h4-11,16-20,31-32H,12-15H2,1-3H3,(H,33,35)(H,34,36);2-7,9H,1H3,(H,11,13);3-4H,2H2,1H3;3H2,1-2H3;2H,1H3/t;9-;;;/m.0.../s1. The maximum atomic E-state index is 10.9. The number of carbonyl (C=O) groups is 4. The van der Waals surface area contributed by atoms with Gasteiger partial charge in [-0.3, -0.25) is 4.79 Å². The third kappa shape index (κ3) is 19.0.